The highest BCUT2D eigenvalue weighted by atomic mass is 16.2. The Morgan fingerprint density at radius 1 is 1.21 bits per heavy atom. The van der Waals surface area contributed by atoms with Crippen LogP contribution in [0.1, 0.15) is 46.5 Å². The second-order valence-corrected chi connectivity index (χ2v) is 3.78. The first-order valence-electron chi connectivity index (χ1n) is 5.63. The summed E-state index contributed by atoms with van der Waals surface area (Å²) < 4.78 is 0. The van der Waals surface area contributed by atoms with Gasteiger partial charge in [0.05, 0.1) is 6.04 Å². The lowest BCUT2D eigenvalue weighted by Crippen LogP contribution is -2.45. The molecule has 0 aliphatic rings. The van der Waals surface area contributed by atoms with Crippen molar-refractivity contribution in [2.45, 2.75) is 58.5 Å². The molecule has 1 amide bonds. The first-order chi connectivity index (χ1) is 6.65. The number of hydrogen-bond donors (Lipinski definition) is 2. The van der Waals surface area contributed by atoms with Crippen molar-refractivity contribution >= 4 is 5.91 Å². The van der Waals surface area contributed by atoms with Crippen molar-refractivity contribution in [3.8, 4) is 0 Å². The molecule has 1 atom stereocenters. The zero-order valence-electron chi connectivity index (χ0n) is 9.89. The van der Waals surface area contributed by atoms with Crippen LogP contribution in [0.3, 0.4) is 0 Å². The standard InChI is InChI=1S/C11H24N2O/c1-5-7-10(8-6-2)13-9(3)11(14)12-4/h9-10,13H,5-8H2,1-4H3,(H,12,14)/t9-/m1/s1. The molecule has 3 nitrogen and oxygen atoms in total. The summed E-state index contributed by atoms with van der Waals surface area (Å²) in [5.74, 6) is 0.0715. The summed E-state index contributed by atoms with van der Waals surface area (Å²) >= 11 is 0. The average molecular weight is 200 g/mol. The summed E-state index contributed by atoms with van der Waals surface area (Å²) in [6.45, 7) is 6.26. The van der Waals surface area contributed by atoms with E-state index in [1.165, 1.54) is 0 Å². The van der Waals surface area contributed by atoms with Crippen LogP contribution in [0, 0.1) is 0 Å². The van der Waals surface area contributed by atoms with E-state index in [1.54, 1.807) is 7.05 Å². The lowest BCUT2D eigenvalue weighted by molar-refractivity contribution is -0.122. The van der Waals surface area contributed by atoms with Gasteiger partial charge in [-0.3, -0.25) is 4.79 Å². The molecule has 0 bridgehead atoms. The van der Waals surface area contributed by atoms with E-state index in [2.05, 4.69) is 24.5 Å². The van der Waals surface area contributed by atoms with Crippen molar-refractivity contribution in [2.75, 3.05) is 7.05 Å². The lowest BCUT2D eigenvalue weighted by atomic mass is 10.1. The third-order valence-electron chi connectivity index (χ3n) is 2.40. The fourth-order valence-electron chi connectivity index (χ4n) is 1.65. The minimum Gasteiger partial charge on any atom is -0.358 e. The number of carbonyl (C=O) groups is 1. The van der Waals surface area contributed by atoms with Gasteiger partial charge in [0.1, 0.15) is 0 Å². The molecule has 0 aromatic heterocycles. The predicted octanol–water partition coefficient (Wildman–Crippen LogP) is 1.68. The highest BCUT2D eigenvalue weighted by Crippen LogP contribution is 2.05. The van der Waals surface area contributed by atoms with Gasteiger partial charge in [-0.1, -0.05) is 26.7 Å². The molecule has 0 aromatic rings. The van der Waals surface area contributed by atoms with E-state index in [1.807, 2.05) is 6.92 Å². The Balaban J connectivity index is 3.94. The molecule has 0 spiro atoms. The fourth-order valence-corrected chi connectivity index (χ4v) is 1.65. The van der Waals surface area contributed by atoms with E-state index in [4.69, 9.17) is 0 Å². The molecular weight excluding hydrogens is 176 g/mol. The summed E-state index contributed by atoms with van der Waals surface area (Å²) in [6.07, 6.45) is 4.63. The zero-order chi connectivity index (χ0) is 11.0. The van der Waals surface area contributed by atoms with E-state index < -0.39 is 0 Å². The Bertz CT molecular complexity index is 153. The Labute approximate surface area is 87.6 Å². The molecule has 0 saturated heterocycles. The zero-order valence-corrected chi connectivity index (χ0v) is 9.89. The second kappa shape index (κ2) is 7.80. The molecule has 0 rings (SSSR count). The van der Waals surface area contributed by atoms with Gasteiger partial charge in [0, 0.05) is 13.1 Å². The van der Waals surface area contributed by atoms with E-state index in [9.17, 15) is 4.79 Å². The van der Waals surface area contributed by atoms with Crippen molar-refractivity contribution < 1.29 is 4.79 Å². The molecule has 0 aliphatic carbocycles. The molecule has 2 N–H and O–H groups in total. The Morgan fingerprint density at radius 3 is 2.07 bits per heavy atom. The van der Waals surface area contributed by atoms with Crippen molar-refractivity contribution in [1.82, 2.24) is 10.6 Å². The number of carbonyl (C=O) groups excluding carboxylic acids is 1. The largest absolute Gasteiger partial charge is 0.358 e. The third kappa shape index (κ3) is 5.22. The maximum Gasteiger partial charge on any atom is 0.236 e. The third-order valence-corrected chi connectivity index (χ3v) is 2.40. The quantitative estimate of drug-likeness (QED) is 0.656. The number of nitrogens with one attached hydrogen (secondary N) is 2. The normalized spacial score (nSPS) is 12.9. The molecule has 0 unspecified atom stereocenters. The molecule has 0 aliphatic heterocycles. The topological polar surface area (TPSA) is 41.1 Å². The van der Waals surface area contributed by atoms with Gasteiger partial charge in [-0.2, -0.15) is 0 Å². The van der Waals surface area contributed by atoms with E-state index in [0.29, 0.717) is 6.04 Å². The van der Waals surface area contributed by atoms with Crippen LogP contribution < -0.4 is 10.6 Å². The molecule has 3 heteroatoms. The van der Waals surface area contributed by atoms with Crippen molar-refractivity contribution in [3.05, 3.63) is 0 Å². The summed E-state index contributed by atoms with van der Waals surface area (Å²) in [7, 11) is 1.68. The van der Waals surface area contributed by atoms with Crippen LogP contribution in [0.5, 0.6) is 0 Å². The van der Waals surface area contributed by atoms with Gasteiger partial charge < -0.3 is 10.6 Å². The van der Waals surface area contributed by atoms with Crippen LogP contribution in [0.2, 0.25) is 0 Å². The van der Waals surface area contributed by atoms with Crippen molar-refractivity contribution in [2.24, 2.45) is 0 Å². The smallest absolute Gasteiger partial charge is 0.236 e. The number of amides is 1. The molecule has 0 saturated carbocycles. The van der Waals surface area contributed by atoms with Gasteiger partial charge in [0.15, 0.2) is 0 Å². The van der Waals surface area contributed by atoms with Crippen molar-refractivity contribution in [1.29, 1.82) is 0 Å². The van der Waals surface area contributed by atoms with Crippen LogP contribution in [-0.2, 0) is 4.79 Å². The summed E-state index contributed by atoms with van der Waals surface area (Å²) in [6, 6.07) is 0.403. The van der Waals surface area contributed by atoms with Gasteiger partial charge in [0.25, 0.3) is 0 Å². The predicted molar refractivity (Wildman–Crippen MR) is 60.3 cm³/mol. The second-order valence-electron chi connectivity index (χ2n) is 3.78. The first-order valence-corrected chi connectivity index (χ1v) is 5.63. The first kappa shape index (κ1) is 13.4. The Hall–Kier alpha value is -0.570. The lowest BCUT2D eigenvalue weighted by Gasteiger charge is -2.21. The molecule has 0 radical (unpaired) electrons. The number of rotatable bonds is 7. The van der Waals surface area contributed by atoms with Crippen LogP contribution in [0.15, 0.2) is 0 Å². The molecule has 0 heterocycles. The monoisotopic (exact) mass is 200 g/mol. The Kier molecular flexibility index (Phi) is 7.48. The molecule has 0 fully saturated rings. The minimum absolute atomic E-state index is 0.0715. The fraction of sp³-hybridized carbons (Fsp3) is 0.909. The molecular formula is C11H24N2O. The van der Waals surface area contributed by atoms with Crippen molar-refractivity contribution in [3.63, 3.8) is 0 Å². The van der Waals surface area contributed by atoms with Crippen LogP contribution in [0.4, 0.5) is 0 Å². The number of hydrogen-bond acceptors (Lipinski definition) is 2. The highest BCUT2D eigenvalue weighted by Gasteiger charge is 2.15. The molecule has 14 heavy (non-hydrogen) atoms. The SMILES string of the molecule is CCCC(CCC)N[C@H](C)C(=O)NC. The van der Waals surface area contributed by atoms with Gasteiger partial charge >= 0.3 is 0 Å². The van der Waals surface area contributed by atoms with Crippen LogP contribution in [0.25, 0.3) is 0 Å². The molecule has 0 aromatic carbocycles. The molecule has 84 valence electrons. The van der Waals surface area contributed by atoms with Crippen LogP contribution in [-0.4, -0.2) is 25.0 Å². The minimum atomic E-state index is -0.0805. The summed E-state index contributed by atoms with van der Waals surface area (Å²) in [4.78, 5) is 11.3. The van der Waals surface area contributed by atoms with Gasteiger partial charge in [-0.25, -0.2) is 0 Å². The van der Waals surface area contributed by atoms with Crippen LogP contribution >= 0.6 is 0 Å². The van der Waals surface area contributed by atoms with Gasteiger partial charge in [-0.15, -0.1) is 0 Å². The van der Waals surface area contributed by atoms with Gasteiger partial charge in [0.2, 0.25) is 5.91 Å². The Morgan fingerprint density at radius 2 is 1.71 bits per heavy atom. The summed E-state index contributed by atoms with van der Waals surface area (Å²) in [5, 5.41) is 6.01. The maximum atomic E-state index is 11.3. The summed E-state index contributed by atoms with van der Waals surface area (Å²) in [5.41, 5.74) is 0. The maximum absolute atomic E-state index is 11.3. The van der Waals surface area contributed by atoms with E-state index >= 15 is 0 Å². The average Bonchev–Trinajstić information content (AvgIpc) is 2.17. The highest BCUT2D eigenvalue weighted by molar-refractivity contribution is 5.80. The van der Waals surface area contributed by atoms with E-state index in [0.717, 1.165) is 25.7 Å². The number of likely N-dealkylation sites (N-methyl/N-ethyl adjacent to an activating group) is 1. The van der Waals surface area contributed by atoms with Gasteiger partial charge in [-0.05, 0) is 19.8 Å². The van der Waals surface area contributed by atoms with E-state index in [-0.39, 0.29) is 11.9 Å².